The van der Waals surface area contributed by atoms with E-state index in [1.54, 1.807) is 13.8 Å². The van der Waals surface area contributed by atoms with Gasteiger partial charge in [0.15, 0.2) is 0 Å². The van der Waals surface area contributed by atoms with Gasteiger partial charge >= 0.3 is 11.9 Å². The fraction of sp³-hybridized carbons (Fsp3) is 0.943. The van der Waals surface area contributed by atoms with E-state index in [4.69, 9.17) is 15.3 Å². The molecule has 0 aromatic heterocycles. The van der Waals surface area contributed by atoms with Gasteiger partial charge in [0, 0.05) is 18.9 Å². The summed E-state index contributed by atoms with van der Waals surface area (Å²) in [6.07, 6.45) is 34.4. The number of hydrogen-bond donors (Lipinski definition) is 3. The van der Waals surface area contributed by atoms with Gasteiger partial charge in [-0.15, -0.1) is 0 Å². The molecule has 0 atom stereocenters. The van der Waals surface area contributed by atoms with Gasteiger partial charge in [-0.25, -0.2) is 0 Å². The summed E-state index contributed by atoms with van der Waals surface area (Å²) in [5.41, 5.74) is 0. The molecule has 40 heavy (non-hydrogen) atoms. The summed E-state index contributed by atoms with van der Waals surface area (Å²) < 4.78 is 0. The topological polar surface area (TPSA) is 94.8 Å². The summed E-state index contributed by atoms with van der Waals surface area (Å²) in [6, 6.07) is 0. The molecule has 0 bridgehead atoms. The first kappa shape index (κ1) is 43.4. The molecule has 0 aromatic rings. The van der Waals surface area contributed by atoms with Crippen LogP contribution >= 0.6 is 0 Å². The van der Waals surface area contributed by atoms with Gasteiger partial charge in [-0.3, -0.25) is 9.59 Å². The van der Waals surface area contributed by atoms with E-state index < -0.39 is 11.9 Å². The standard InChI is InChI=1S/2C16H32O2.C3H8O/c2*1-2-3-4-5-6-7-8-9-10-11-12-13-14-15-16(17)18;1-3(2)4/h2*2-15H2,1H3,(H,17,18);3-4H,1-2H3. The molecule has 0 aliphatic carbocycles. The predicted molar refractivity (Wildman–Crippen MR) is 173 cm³/mol. The van der Waals surface area contributed by atoms with Crippen LogP contribution in [-0.2, 0) is 9.59 Å². The first-order valence-electron chi connectivity index (χ1n) is 17.4. The van der Waals surface area contributed by atoms with Crippen molar-refractivity contribution in [2.24, 2.45) is 0 Å². The smallest absolute Gasteiger partial charge is 0.303 e. The first-order chi connectivity index (χ1) is 19.3. The number of aliphatic hydroxyl groups is 1. The van der Waals surface area contributed by atoms with E-state index in [-0.39, 0.29) is 6.10 Å². The third-order valence-electron chi connectivity index (χ3n) is 6.99. The van der Waals surface area contributed by atoms with Gasteiger partial charge in [-0.1, -0.05) is 168 Å². The van der Waals surface area contributed by atoms with Crippen molar-refractivity contribution in [3.8, 4) is 0 Å². The molecule has 0 saturated carbocycles. The molecule has 0 saturated heterocycles. The van der Waals surface area contributed by atoms with E-state index in [9.17, 15) is 9.59 Å². The van der Waals surface area contributed by atoms with Crippen molar-refractivity contribution < 1.29 is 24.9 Å². The number of hydrogen-bond acceptors (Lipinski definition) is 3. The second-order valence-corrected chi connectivity index (χ2v) is 11.9. The highest BCUT2D eigenvalue weighted by atomic mass is 16.4. The maximum atomic E-state index is 10.3. The van der Waals surface area contributed by atoms with Crippen LogP contribution in [0, 0.1) is 0 Å². The SMILES string of the molecule is CC(C)O.CCCCCCCCCCCCCCCC(=O)O.CCCCCCCCCCCCCCCC(=O)O. The van der Waals surface area contributed by atoms with E-state index in [0.29, 0.717) is 12.8 Å². The Kier molecular flexibility index (Phi) is 43.4. The fourth-order valence-corrected chi connectivity index (χ4v) is 4.59. The molecule has 0 amide bonds. The monoisotopic (exact) mass is 573 g/mol. The van der Waals surface area contributed by atoms with Crippen molar-refractivity contribution in [1.82, 2.24) is 0 Å². The Labute approximate surface area is 250 Å². The van der Waals surface area contributed by atoms with Crippen molar-refractivity contribution in [2.75, 3.05) is 0 Å². The molecular formula is C35H72O5. The summed E-state index contributed by atoms with van der Waals surface area (Å²) in [6.45, 7) is 7.97. The maximum Gasteiger partial charge on any atom is 0.303 e. The van der Waals surface area contributed by atoms with Crippen LogP contribution in [0.5, 0.6) is 0 Å². The van der Waals surface area contributed by atoms with Crippen molar-refractivity contribution >= 4 is 11.9 Å². The second kappa shape index (κ2) is 40.0. The summed E-state index contributed by atoms with van der Waals surface area (Å²) in [7, 11) is 0. The number of rotatable bonds is 28. The van der Waals surface area contributed by atoms with E-state index in [0.717, 1.165) is 25.7 Å². The number of aliphatic carboxylic acids is 2. The average molecular weight is 573 g/mol. The minimum atomic E-state index is -0.655. The lowest BCUT2D eigenvalue weighted by Gasteiger charge is -2.02. The highest BCUT2D eigenvalue weighted by molar-refractivity contribution is 5.66. The third-order valence-corrected chi connectivity index (χ3v) is 6.99. The first-order valence-corrected chi connectivity index (χ1v) is 17.4. The van der Waals surface area contributed by atoms with Gasteiger partial charge in [0.05, 0.1) is 0 Å². The van der Waals surface area contributed by atoms with Gasteiger partial charge < -0.3 is 15.3 Å². The number of aliphatic hydroxyl groups excluding tert-OH is 1. The minimum Gasteiger partial charge on any atom is -0.481 e. The fourth-order valence-electron chi connectivity index (χ4n) is 4.59. The molecule has 5 nitrogen and oxygen atoms in total. The summed E-state index contributed by atoms with van der Waals surface area (Å²) >= 11 is 0. The molecular weight excluding hydrogens is 500 g/mol. The maximum absolute atomic E-state index is 10.3. The Balaban J connectivity index is -0.000000603. The minimum absolute atomic E-state index is 0.167. The molecule has 0 fully saturated rings. The molecule has 3 N–H and O–H groups in total. The average Bonchev–Trinajstić information content (AvgIpc) is 2.89. The van der Waals surface area contributed by atoms with Gasteiger partial charge in [0.2, 0.25) is 0 Å². The lowest BCUT2D eigenvalue weighted by atomic mass is 10.0. The lowest BCUT2D eigenvalue weighted by molar-refractivity contribution is -0.138. The molecule has 0 heterocycles. The van der Waals surface area contributed by atoms with Crippen LogP contribution in [0.3, 0.4) is 0 Å². The van der Waals surface area contributed by atoms with Crippen LogP contribution in [0.15, 0.2) is 0 Å². The van der Waals surface area contributed by atoms with Crippen LogP contribution in [0.25, 0.3) is 0 Å². The number of unbranched alkanes of at least 4 members (excludes halogenated alkanes) is 24. The quantitative estimate of drug-likeness (QED) is 0.0810. The van der Waals surface area contributed by atoms with E-state index in [2.05, 4.69) is 13.8 Å². The second-order valence-electron chi connectivity index (χ2n) is 11.9. The molecule has 0 rings (SSSR count). The Bertz CT molecular complexity index is 436. The zero-order valence-electron chi connectivity index (χ0n) is 27.5. The largest absolute Gasteiger partial charge is 0.481 e. The zero-order valence-corrected chi connectivity index (χ0v) is 27.5. The van der Waals surface area contributed by atoms with Crippen molar-refractivity contribution in [1.29, 1.82) is 0 Å². The van der Waals surface area contributed by atoms with E-state index >= 15 is 0 Å². The molecule has 0 spiro atoms. The van der Waals surface area contributed by atoms with Gasteiger partial charge in [-0.2, -0.15) is 0 Å². The zero-order chi connectivity index (χ0) is 30.5. The lowest BCUT2D eigenvalue weighted by Crippen LogP contribution is -1.93. The Morgan fingerprint density at radius 1 is 0.400 bits per heavy atom. The van der Waals surface area contributed by atoms with Gasteiger partial charge in [0.1, 0.15) is 0 Å². The van der Waals surface area contributed by atoms with Crippen LogP contribution in [0.2, 0.25) is 0 Å². The Morgan fingerprint density at radius 2 is 0.550 bits per heavy atom. The number of carbonyl (C=O) groups is 2. The number of carboxylic acids is 2. The third kappa shape index (κ3) is 56.9. The molecule has 0 unspecified atom stereocenters. The van der Waals surface area contributed by atoms with Gasteiger partial charge in [0.25, 0.3) is 0 Å². The van der Waals surface area contributed by atoms with Crippen LogP contribution in [0.1, 0.15) is 207 Å². The highest BCUT2D eigenvalue weighted by Gasteiger charge is 1.98. The predicted octanol–water partition coefficient (Wildman–Crippen LogP) is 11.5. The summed E-state index contributed by atoms with van der Waals surface area (Å²) in [5.74, 6) is -1.31. The molecule has 242 valence electrons. The van der Waals surface area contributed by atoms with Crippen LogP contribution in [-0.4, -0.2) is 33.4 Å². The molecule has 0 aliphatic rings. The van der Waals surface area contributed by atoms with Crippen molar-refractivity contribution in [2.45, 2.75) is 214 Å². The van der Waals surface area contributed by atoms with Crippen molar-refractivity contribution in [3.05, 3.63) is 0 Å². The van der Waals surface area contributed by atoms with Crippen molar-refractivity contribution in [3.63, 3.8) is 0 Å². The normalized spacial score (nSPS) is 10.6. The van der Waals surface area contributed by atoms with Gasteiger partial charge in [-0.05, 0) is 26.7 Å². The molecule has 5 heteroatoms. The molecule has 0 aromatic carbocycles. The Morgan fingerprint density at radius 3 is 0.700 bits per heavy atom. The number of carboxylic acid groups (broad SMARTS) is 2. The molecule has 0 aliphatic heterocycles. The summed E-state index contributed by atoms with van der Waals surface area (Å²) in [4.78, 5) is 20.6. The highest BCUT2D eigenvalue weighted by Crippen LogP contribution is 2.14. The Hall–Kier alpha value is -1.10. The van der Waals surface area contributed by atoms with Crippen LogP contribution in [0.4, 0.5) is 0 Å². The summed E-state index contributed by atoms with van der Waals surface area (Å²) in [5, 5.41) is 25.0. The van der Waals surface area contributed by atoms with E-state index in [1.165, 1.54) is 141 Å². The molecule has 0 radical (unpaired) electrons. The van der Waals surface area contributed by atoms with Crippen LogP contribution < -0.4 is 0 Å². The van der Waals surface area contributed by atoms with E-state index in [1.807, 2.05) is 0 Å².